The molecule has 66 valence electrons. The van der Waals surface area contributed by atoms with E-state index in [9.17, 15) is 17.6 Å². The Morgan fingerprint density at radius 3 is 2.33 bits per heavy atom. The summed E-state index contributed by atoms with van der Waals surface area (Å²) in [7, 11) is 0. The Bertz CT molecular complexity index is 274. The molecule has 0 aliphatic rings. The van der Waals surface area contributed by atoms with Gasteiger partial charge in [-0.3, -0.25) is 0 Å². The minimum Gasteiger partial charge on any atom is -0.249 e. The lowest BCUT2D eigenvalue weighted by atomic mass is 10.3. The monoisotopic (exact) mass is 179 g/mol. The molecule has 0 saturated carbocycles. The normalized spacial score (nSPS) is 10.8. The van der Waals surface area contributed by atoms with Gasteiger partial charge in [0.15, 0.2) is 11.6 Å². The fourth-order valence-electron chi connectivity index (χ4n) is 0.753. The molecule has 1 aromatic heterocycles. The molecule has 0 aliphatic heterocycles. The van der Waals surface area contributed by atoms with E-state index in [4.69, 9.17) is 0 Å². The second-order valence-corrected chi connectivity index (χ2v) is 2.23. The van der Waals surface area contributed by atoms with Crippen LogP contribution in [0.2, 0.25) is 0 Å². The van der Waals surface area contributed by atoms with Crippen molar-refractivity contribution in [3.8, 4) is 0 Å². The van der Waals surface area contributed by atoms with E-state index in [1.54, 1.807) is 0 Å². The zero-order chi connectivity index (χ0) is 9.30. The summed E-state index contributed by atoms with van der Waals surface area (Å²) in [5, 5.41) is 0. The first-order valence-electron chi connectivity index (χ1n) is 3.13. The van der Waals surface area contributed by atoms with Crippen LogP contribution in [-0.2, 0) is 0 Å². The van der Waals surface area contributed by atoms with Crippen LogP contribution in [-0.4, -0.2) is 4.98 Å². The van der Waals surface area contributed by atoms with Gasteiger partial charge in [-0.2, -0.15) is 0 Å². The Labute approximate surface area is 66.0 Å². The van der Waals surface area contributed by atoms with Gasteiger partial charge in [-0.15, -0.1) is 0 Å². The second kappa shape index (κ2) is 3.08. The van der Waals surface area contributed by atoms with Crippen LogP contribution < -0.4 is 0 Å². The van der Waals surface area contributed by atoms with Gasteiger partial charge < -0.3 is 0 Å². The van der Waals surface area contributed by atoms with Crippen molar-refractivity contribution < 1.29 is 17.6 Å². The zero-order valence-corrected chi connectivity index (χ0v) is 6.11. The van der Waals surface area contributed by atoms with Gasteiger partial charge in [0.25, 0.3) is 6.43 Å². The highest BCUT2D eigenvalue weighted by Crippen LogP contribution is 2.19. The fourth-order valence-corrected chi connectivity index (χ4v) is 0.753. The Kier molecular flexibility index (Phi) is 2.30. The number of nitrogens with zero attached hydrogens (tertiary/aromatic N) is 1. The standard InChI is InChI=1S/C7H5F4N/c1-3-6(9)4(8)2-5(12-3)7(10)11/h2,7H,1H3. The van der Waals surface area contributed by atoms with Crippen molar-refractivity contribution in [2.24, 2.45) is 0 Å². The van der Waals surface area contributed by atoms with Gasteiger partial charge in [-0.1, -0.05) is 0 Å². The summed E-state index contributed by atoms with van der Waals surface area (Å²) in [4.78, 5) is 3.17. The zero-order valence-electron chi connectivity index (χ0n) is 6.11. The number of aryl methyl sites for hydroxylation is 1. The van der Waals surface area contributed by atoms with E-state index in [1.807, 2.05) is 0 Å². The molecular weight excluding hydrogens is 174 g/mol. The lowest BCUT2D eigenvalue weighted by molar-refractivity contribution is 0.145. The Morgan fingerprint density at radius 1 is 1.33 bits per heavy atom. The number of alkyl halides is 2. The lowest BCUT2D eigenvalue weighted by Gasteiger charge is -2.01. The van der Waals surface area contributed by atoms with Crippen molar-refractivity contribution in [2.75, 3.05) is 0 Å². The molecule has 0 unspecified atom stereocenters. The summed E-state index contributed by atoms with van der Waals surface area (Å²) in [6, 6.07) is 0.396. The van der Waals surface area contributed by atoms with E-state index in [0.717, 1.165) is 6.92 Å². The van der Waals surface area contributed by atoms with Gasteiger partial charge in [0.1, 0.15) is 5.69 Å². The highest BCUT2D eigenvalue weighted by Gasteiger charge is 2.14. The van der Waals surface area contributed by atoms with Crippen molar-refractivity contribution in [3.05, 3.63) is 29.1 Å². The predicted octanol–water partition coefficient (Wildman–Crippen LogP) is 2.61. The Balaban J connectivity index is 3.21. The summed E-state index contributed by atoms with van der Waals surface area (Å²) < 4.78 is 48.8. The van der Waals surface area contributed by atoms with Crippen LogP contribution in [0.5, 0.6) is 0 Å². The number of aromatic nitrogens is 1. The van der Waals surface area contributed by atoms with Gasteiger partial charge in [0.05, 0.1) is 5.69 Å². The molecule has 0 saturated heterocycles. The topological polar surface area (TPSA) is 12.9 Å². The number of rotatable bonds is 1. The summed E-state index contributed by atoms with van der Waals surface area (Å²) in [5.41, 5.74) is -1.10. The van der Waals surface area contributed by atoms with Crippen LogP contribution in [0.1, 0.15) is 17.8 Å². The third kappa shape index (κ3) is 1.54. The quantitative estimate of drug-likeness (QED) is 0.604. The largest absolute Gasteiger partial charge is 0.280 e. The molecular formula is C7H5F4N. The maximum absolute atomic E-state index is 12.5. The number of hydrogen-bond donors (Lipinski definition) is 0. The Hall–Kier alpha value is -1.13. The molecule has 0 radical (unpaired) electrons. The van der Waals surface area contributed by atoms with Crippen LogP contribution in [0.3, 0.4) is 0 Å². The van der Waals surface area contributed by atoms with Crippen LogP contribution in [0.4, 0.5) is 17.6 Å². The molecule has 0 atom stereocenters. The lowest BCUT2D eigenvalue weighted by Crippen LogP contribution is -1.99. The third-order valence-corrected chi connectivity index (χ3v) is 1.32. The van der Waals surface area contributed by atoms with E-state index in [0.29, 0.717) is 6.07 Å². The first-order chi connectivity index (χ1) is 5.52. The molecule has 1 aromatic rings. The summed E-state index contributed by atoms with van der Waals surface area (Å²) in [6.07, 6.45) is -2.88. The average Bonchev–Trinajstić information content (AvgIpc) is 1.99. The van der Waals surface area contributed by atoms with Crippen molar-refractivity contribution in [1.29, 1.82) is 0 Å². The van der Waals surface area contributed by atoms with Crippen molar-refractivity contribution >= 4 is 0 Å². The highest BCUT2D eigenvalue weighted by atomic mass is 19.3. The van der Waals surface area contributed by atoms with E-state index in [1.165, 1.54) is 0 Å². The SMILES string of the molecule is Cc1nc(C(F)F)cc(F)c1F. The molecule has 0 amide bonds. The molecule has 0 N–H and O–H groups in total. The number of hydrogen-bond acceptors (Lipinski definition) is 1. The molecule has 5 heteroatoms. The van der Waals surface area contributed by atoms with E-state index >= 15 is 0 Å². The molecule has 0 aliphatic carbocycles. The molecule has 1 heterocycles. The fraction of sp³-hybridized carbons (Fsp3) is 0.286. The van der Waals surface area contributed by atoms with Gasteiger partial charge in [-0.25, -0.2) is 22.5 Å². The maximum Gasteiger partial charge on any atom is 0.280 e. The second-order valence-electron chi connectivity index (χ2n) is 2.23. The van der Waals surface area contributed by atoms with Crippen LogP contribution in [0.25, 0.3) is 0 Å². The van der Waals surface area contributed by atoms with Gasteiger partial charge in [0.2, 0.25) is 0 Å². The van der Waals surface area contributed by atoms with E-state index in [2.05, 4.69) is 4.98 Å². The number of pyridine rings is 1. The third-order valence-electron chi connectivity index (χ3n) is 1.32. The maximum atomic E-state index is 12.5. The first kappa shape index (κ1) is 8.96. The predicted molar refractivity (Wildman–Crippen MR) is 33.8 cm³/mol. The van der Waals surface area contributed by atoms with Crippen LogP contribution in [0.15, 0.2) is 6.07 Å². The molecule has 0 spiro atoms. The van der Waals surface area contributed by atoms with Gasteiger partial charge in [-0.05, 0) is 6.92 Å². The first-order valence-corrected chi connectivity index (χ1v) is 3.13. The highest BCUT2D eigenvalue weighted by molar-refractivity contribution is 5.15. The summed E-state index contributed by atoms with van der Waals surface area (Å²) in [5.74, 6) is -2.47. The minimum absolute atomic E-state index is 0.356. The molecule has 1 nitrogen and oxygen atoms in total. The van der Waals surface area contributed by atoms with E-state index in [-0.39, 0.29) is 5.69 Å². The summed E-state index contributed by atoms with van der Waals surface area (Å²) >= 11 is 0. The molecule has 0 aromatic carbocycles. The van der Waals surface area contributed by atoms with Crippen molar-refractivity contribution in [1.82, 2.24) is 4.98 Å². The average molecular weight is 179 g/mol. The van der Waals surface area contributed by atoms with E-state index < -0.39 is 23.8 Å². The van der Waals surface area contributed by atoms with Gasteiger partial charge in [0, 0.05) is 6.07 Å². The Morgan fingerprint density at radius 2 is 1.92 bits per heavy atom. The van der Waals surface area contributed by atoms with Crippen LogP contribution in [0, 0.1) is 18.6 Å². The smallest absolute Gasteiger partial charge is 0.249 e. The summed E-state index contributed by atoms with van der Waals surface area (Å²) in [6.45, 7) is 1.13. The number of halogens is 4. The van der Waals surface area contributed by atoms with Crippen LogP contribution >= 0.6 is 0 Å². The molecule has 1 rings (SSSR count). The van der Waals surface area contributed by atoms with Gasteiger partial charge >= 0.3 is 0 Å². The minimum atomic E-state index is -2.88. The van der Waals surface area contributed by atoms with Crippen molar-refractivity contribution in [2.45, 2.75) is 13.3 Å². The van der Waals surface area contributed by atoms with Crippen molar-refractivity contribution in [3.63, 3.8) is 0 Å². The molecule has 12 heavy (non-hydrogen) atoms. The molecule has 0 fully saturated rings. The molecule has 0 bridgehead atoms.